The van der Waals surface area contributed by atoms with Crippen molar-refractivity contribution < 1.29 is 19.1 Å². The first-order valence-corrected chi connectivity index (χ1v) is 8.70. The summed E-state index contributed by atoms with van der Waals surface area (Å²) in [7, 11) is 0. The molecule has 1 saturated heterocycles. The highest BCUT2D eigenvalue weighted by Gasteiger charge is 2.31. The van der Waals surface area contributed by atoms with Crippen molar-refractivity contribution in [2.45, 2.75) is 32.9 Å². The molecule has 0 saturated carbocycles. The zero-order chi connectivity index (χ0) is 17.8. The summed E-state index contributed by atoms with van der Waals surface area (Å²) in [6.07, 6.45) is 0.170. The van der Waals surface area contributed by atoms with Gasteiger partial charge >= 0.3 is 0 Å². The molecule has 1 atom stereocenters. The molecule has 2 aliphatic heterocycles. The Bertz CT molecular complexity index is 647. The zero-order valence-electron chi connectivity index (χ0n) is 14.7. The van der Waals surface area contributed by atoms with E-state index < -0.39 is 6.04 Å². The molecule has 25 heavy (non-hydrogen) atoms. The van der Waals surface area contributed by atoms with Crippen LogP contribution in [-0.4, -0.2) is 49.2 Å². The molecule has 0 radical (unpaired) electrons. The van der Waals surface area contributed by atoms with Gasteiger partial charge in [0.2, 0.25) is 18.6 Å². The second-order valence-corrected chi connectivity index (χ2v) is 6.86. The monoisotopic (exact) mass is 347 g/mol. The van der Waals surface area contributed by atoms with Crippen molar-refractivity contribution in [3.8, 4) is 11.5 Å². The van der Waals surface area contributed by atoms with Crippen LogP contribution in [0.5, 0.6) is 11.5 Å². The van der Waals surface area contributed by atoms with Gasteiger partial charge in [0.15, 0.2) is 11.5 Å². The van der Waals surface area contributed by atoms with E-state index in [0.717, 1.165) is 24.4 Å². The van der Waals surface area contributed by atoms with Crippen molar-refractivity contribution in [2.24, 2.45) is 5.92 Å². The summed E-state index contributed by atoms with van der Waals surface area (Å²) in [6.45, 7) is 7.09. The number of fused-ring (bicyclic) bond motifs is 1. The van der Waals surface area contributed by atoms with Crippen LogP contribution in [0.1, 0.15) is 25.8 Å². The van der Waals surface area contributed by atoms with E-state index in [1.165, 1.54) is 0 Å². The van der Waals surface area contributed by atoms with Crippen molar-refractivity contribution in [1.29, 1.82) is 0 Å². The molecule has 0 spiro atoms. The lowest BCUT2D eigenvalue weighted by Gasteiger charge is -2.35. The van der Waals surface area contributed by atoms with Crippen molar-refractivity contribution >= 4 is 11.8 Å². The summed E-state index contributed by atoms with van der Waals surface area (Å²) in [6, 6.07) is 5.20. The first-order chi connectivity index (χ1) is 12.0. The number of piperazine rings is 1. The quantitative estimate of drug-likeness (QED) is 0.798. The highest BCUT2D eigenvalue weighted by atomic mass is 16.7. The number of carbonyl (C=O) groups is 2. The van der Waals surface area contributed by atoms with Crippen LogP contribution in [0.2, 0.25) is 0 Å². The van der Waals surface area contributed by atoms with Crippen LogP contribution in [-0.2, 0) is 16.1 Å². The Kier molecular flexibility index (Phi) is 5.43. The molecular weight excluding hydrogens is 322 g/mol. The minimum absolute atomic E-state index is 0.0647. The van der Waals surface area contributed by atoms with Crippen molar-refractivity contribution in [3.05, 3.63) is 23.8 Å². The van der Waals surface area contributed by atoms with Gasteiger partial charge < -0.3 is 20.1 Å². The van der Waals surface area contributed by atoms with Gasteiger partial charge in [0.1, 0.15) is 0 Å². The number of ether oxygens (including phenoxy) is 2. The molecule has 0 bridgehead atoms. The Hall–Kier alpha value is -2.28. The minimum Gasteiger partial charge on any atom is -0.454 e. The van der Waals surface area contributed by atoms with Crippen molar-refractivity contribution in [3.63, 3.8) is 0 Å². The van der Waals surface area contributed by atoms with Crippen LogP contribution in [0.15, 0.2) is 18.2 Å². The molecule has 1 unspecified atom stereocenters. The van der Waals surface area contributed by atoms with E-state index in [4.69, 9.17) is 9.47 Å². The minimum atomic E-state index is -0.395. The molecule has 7 heteroatoms. The van der Waals surface area contributed by atoms with Gasteiger partial charge in [-0.15, -0.1) is 0 Å². The first kappa shape index (κ1) is 17.5. The summed E-state index contributed by atoms with van der Waals surface area (Å²) >= 11 is 0. The first-order valence-electron chi connectivity index (χ1n) is 8.70. The van der Waals surface area contributed by atoms with Gasteiger partial charge in [-0.05, 0) is 23.6 Å². The number of benzene rings is 1. The molecule has 2 heterocycles. The van der Waals surface area contributed by atoms with Gasteiger partial charge in [-0.2, -0.15) is 0 Å². The number of hydrogen-bond donors (Lipinski definition) is 2. The fourth-order valence-electron chi connectivity index (χ4n) is 3.17. The van der Waals surface area contributed by atoms with Gasteiger partial charge in [-0.25, -0.2) is 0 Å². The van der Waals surface area contributed by atoms with Crippen molar-refractivity contribution in [1.82, 2.24) is 15.5 Å². The lowest BCUT2D eigenvalue weighted by molar-refractivity contribution is -0.134. The highest BCUT2D eigenvalue weighted by Crippen LogP contribution is 2.32. The Morgan fingerprint density at radius 2 is 2.16 bits per heavy atom. The Balaban J connectivity index is 1.54. The number of nitrogens with zero attached hydrogens (tertiary/aromatic N) is 1. The summed E-state index contributed by atoms with van der Waals surface area (Å²) < 4.78 is 10.6. The largest absolute Gasteiger partial charge is 0.454 e. The summed E-state index contributed by atoms with van der Waals surface area (Å²) in [4.78, 5) is 26.6. The number of rotatable bonds is 6. The Labute approximate surface area is 147 Å². The number of carbonyl (C=O) groups excluding carboxylic acids is 2. The zero-order valence-corrected chi connectivity index (χ0v) is 14.7. The molecule has 0 aromatic heterocycles. The Morgan fingerprint density at radius 3 is 2.96 bits per heavy atom. The third kappa shape index (κ3) is 4.42. The predicted octanol–water partition coefficient (Wildman–Crippen LogP) is 0.878. The maximum atomic E-state index is 12.3. The second kappa shape index (κ2) is 7.74. The average Bonchev–Trinajstić information content (AvgIpc) is 3.03. The topological polar surface area (TPSA) is 79.9 Å². The van der Waals surface area contributed by atoms with Crippen molar-refractivity contribution in [2.75, 3.05) is 26.4 Å². The molecule has 7 nitrogen and oxygen atoms in total. The summed E-state index contributed by atoms with van der Waals surface area (Å²) in [5.74, 6) is 1.67. The molecule has 1 aromatic carbocycles. The number of hydrogen-bond acceptors (Lipinski definition) is 5. The number of amides is 2. The molecule has 136 valence electrons. The fraction of sp³-hybridized carbons (Fsp3) is 0.556. The van der Waals surface area contributed by atoms with E-state index in [2.05, 4.69) is 29.4 Å². The summed E-state index contributed by atoms with van der Waals surface area (Å²) in [5, 5.41) is 5.74. The molecule has 3 rings (SSSR count). The van der Waals surface area contributed by atoms with E-state index >= 15 is 0 Å². The molecule has 1 fully saturated rings. The van der Waals surface area contributed by atoms with E-state index in [1.807, 2.05) is 18.2 Å². The van der Waals surface area contributed by atoms with Gasteiger partial charge in [0, 0.05) is 26.2 Å². The molecule has 1 aromatic rings. The van der Waals surface area contributed by atoms with E-state index in [9.17, 15) is 9.59 Å². The normalized spacial score (nSPS) is 19.8. The van der Waals surface area contributed by atoms with Crippen LogP contribution >= 0.6 is 0 Å². The maximum Gasteiger partial charge on any atom is 0.237 e. The predicted molar refractivity (Wildman–Crippen MR) is 92.2 cm³/mol. The van der Waals surface area contributed by atoms with Crippen LogP contribution in [0.3, 0.4) is 0 Å². The third-order valence-corrected chi connectivity index (χ3v) is 4.35. The lowest BCUT2D eigenvalue weighted by atomic mass is 10.1. The maximum absolute atomic E-state index is 12.3. The van der Waals surface area contributed by atoms with Crippen LogP contribution in [0.25, 0.3) is 0 Å². The number of nitrogens with one attached hydrogen (secondary N) is 2. The van der Waals surface area contributed by atoms with Crippen LogP contribution in [0, 0.1) is 5.92 Å². The third-order valence-electron chi connectivity index (χ3n) is 4.35. The van der Waals surface area contributed by atoms with Gasteiger partial charge in [-0.1, -0.05) is 19.9 Å². The summed E-state index contributed by atoms with van der Waals surface area (Å²) in [5.41, 5.74) is 0.935. The van der Waals surface area contributed by atoms with Gasteiger partial charge in [0.05, 0.1) is 12.5 Å². The molecule has 2 amide bonds. The van der Waals surface area contributed by atoms with E-state index in [-0.39, 0.29) is 25.0 Å². The average molecular weight is 347 g/mol. The van der Waals surface area contributed by atoms with Crippen LogP contribution < -0.4 is 20.1 Å². The molecule has 2 N–H and O–H groups in total. The molecular formula is C18H25N3O4. The highest BCUT2D eigenvalue weighted by molar-refractivity contribution is 5.88. The SMILES string of the molecule is CC(C)CN1CCNC(=O)C1CC(=O)NCc1ccc2c(c1)OCO2. The Morgan fingerprint density at radius 1 is 1.36 bits per heavy atom. The standard InChI is InChI=1S/C18H25N3O4/c1-12(2)10-21-6-5-19-18(23)14(21)8-17(22)20-9-13-3-4-15-16(7-13)25-11-24-15/h3-4,7,12,14H,5-6,8-11H2,1-2H3,(H,19,23)(H,20,22). The second-order valence-electron chi connectivity index (χ2n) is 6.86. The lowest BCUT2D eigenvalue weighted by Crippen LogP contribution is -2.57. The van der Waals surface area contributed by atoms with Crippen LogP contribution in [0.4, 0.5) is 0 Å². The van der Waals surface area contributed by atoms with Gasteiger partial charge in [0.25, 0.3) is 0 Å². The fourth-order valence-corrected chi connectivity index (χ4v) is 3.17. The molecule has 2 aliphatic rings. The van der Waals surface area contributed by atoms with E-state index in [1.54, 1.807) is 0 Å². The molecule has 0 aliphatic carbocycles. The smallest absolute Gasteiger partial charge is 0.237 e. The van der Waals surface area contributed by atoms with E-state index in [0.29, 0.717) is 24.8 Å². The van der Waals surface area contributed by atoms with Gasteiger partial charge in [-0.3, -0.25) is 14.5 Å².